The number of hydrogen-bond donors (Lipinski definition) is 0. The molecular weight excluding hydrogens is 380 g/mol. The number of nitrogens with zero attached hydrogens (tertiary/aromatic N) is 2. The van der Waals surface area contributed by atoms with E-state index in [1.807, 2.05) is 52.7 Å². The number of benzene rings is 2. The predicted molar refractivity (Wildman–Crippen MR) is 118 cm³/mol. The van der Waals surface area contributed by atoms with Gasteiger partial charge >= 0.3 is 0 Å². The first-order chi connectivity index (χ1) is 13.9. The average Bonchev–Trinajstić information content (AvgIpc) is 3.15. The van der Waals surface area contributed by atoms with E-state index in [0.29, 0.717) is 31.2 Å². The van der Waals surface area contributed by atoms with Gasteiger partial charge < -0.3 is 9.64 Å². The van der Waals surface area contributed by atoms with Crippen molar-refractivity contribution in [2.24, 2.45) is 5.92 Å². The third-order valence-electron chi connectivity index (χ3n) is 4.69. The first-order valence-corrected chi connectivity index (χ1v) is 10.8. The van der Waals surface area contributed by atoms with Gasteiger partial charge in [0.1, 0.15) is 17.4 Å². The van der Waals surface area contributed by atoms with Gasteiger partial charge in [-0.15, -0.1) is 11.3 Å². The molecule has 0 aliphatic carbocycles. The van der Waals surface area contributed by atoms with Crippen LogP contribution in [0.2, 0.25) is 0 Å². The molecule has 0 saturated heterocycles. The van der Waals surface area contributed by atoms with Gasteiger partial charge in [0.05, 0.1) is 12.2 Å². The Bertz CT molecular complexity index is 951. The summed E-state index contributed by atoms with van der Waals surface area (Å²) in [6.45, 7) is 10.0. The van der Waals surface area contributed by atoms with E-state index in [2.05, 4.69) is 38.7 Å². The number of aromatic nitrogens is 1. The minimum atomic E-state index is 0.0419. The molecule has 29 heavy (non-hydrogen) atoms. The van der Waals surface area contributed by atoms with Crippen molar-refractivity contribution in [3.05, 3.63) is 81.3 Å². The number of carbonyl (C=O) groups is 1. The van der Waals surface area contributed by atoms with Crippen LogP contribution in [0.25, 0.3) is 0 Å². The molecule has 0 aliphatic heterocycles. The Morgan fingerprint density at radius 2 is 1.86 bits per heavy atom. The Hall–Kier alpha value is -2.66. The number of rotatable bonds is 8. The van der Waals surface area contributed by atoms with E-state index in [1.54, 1.807) is 11.3 Å². The summed E-state index contributed by atoms with van der Waals surface area (Å²) in [5.74, 6) is 1.28. The van der Waals surface area contributed by atoms with Gasteiger partial charge in [-0.25, -0.2) is 4.98 Å². The summed E-state index contributed by atoms with van der Waals surface area (Å²) in [5, 5.41) is 2.93. The second-order valence-electron chi connectivity index (χ2n) is 7.71. The lowest BCUT2D eigenvalue weighted by molar-refractivity contribution is 0.0720. The van der Waals surface area contributed by atoms with E-state index in [-0.39, 0.29) is 5.91 Å². The maximum Gasteiger partial charge on any atom is 0.254 e. The molecule has 2 aromatic carbocycles. The lowest BCUT2D eigenvalue weighted by Gasteiger charge is -2.24. The Balaban J connectivity index is 1.65. The fourth-order valence-electron chi connectivity index (χ4n) is 3.06. The Kier molecular flexibility index (Phi) is 7.04. The SMILES string of the molecule is Cc1ccc(OCc2nc(CN(CC(C)C)C(=O)c3ccccc3)cs2)cc1C. The standard InChI is InChI=1S/C24H28N2O2S/c1-17(2)13-26(24(27)20-8-6-5-7-9-20)14-21-16-29-23(25-21)15-28-22-11-10-18(3)19(4)12-22/h5-12,16-17H,13-15H2,1-4H3. The molecule has 1 heterocycles. The minimum Gasteiger partial charge on any atom is -0.486 e. The van der Waals surface area contributed by atoms with Gasteiger partial charge in [0.25, 0.3) is 5.91 Å². The molecule has 0 atom stereocenters. The Morgan fingerprint density at radius 1 is 1.10 bits per heavy atom. The third kappa shape index (κ3) is 5.91. The zero-order chi connectivity index (χ0) is 20.8. The van der Waals surface area contributed by atoms with Gasteiger partial charge in [0, 0.05) is 17.5 Å². The zero-order valence-electron chi connectivity index (χ0n) is 17.5. The van der Waals surface area contributed by atoms with E-state index in [4.69, 9.17) is 4.74 Å². The van der Waals surface area contributed by atoms with Crippen molar-refractivity contribution in [3.8, 4) is 5.75 Å². The molecule has 0 radical (unpaired) electrons. The molecule has 0 bridgehead atoms. The maximum absolute atomic E-state index is 12.9. The van der Waals surface area contributed by atoms with Crippen molar-refractivity contribution in [2.45, 2.75) is 40.8 Å². The smallest absolute Gasteiger partial charge is 0.254 e. The van der Waals surface area contributed by atoms with E-state index in [0.717, 1.165) is 16.5 Å². The zero-order valence-corrected chi connectivity index (χ0v) is 18.3. The van der Waals surface area contributed by atoms with Crippen LogP contribution in [0.4, 0.5) is 0 Å². The fraction of sp³-hybridized carbons (Fsp3) is 0.333. The largest absolute Gasteiger partial charge is 0.486 e. The summed E-state index contributed by atoms with van der Waals surface area (Å²) in [6, 6.07) is 15.5. The number of aryl methyl sites for hydroxylation is 2. The van der Waals surface area contributed by atoms with Crippen LogP contribution < -0.4 is 4.74 Å². The number of hydrogen-bond acceptors (Lipinski definition) is 4. The molecule has 0 aliphatic rings. The van der Waals surface area contributed by atoms with Crippen LogP contribution in [-0.4, -0.2) is 22.3 Å². The molecular formula is C24H28N2O2S. The van der Waals surface area contributed by atoms with Gasteiger partial charge in [0.15, 0.2) is 0 Å². The van der Waals surface area contributed by atoms with Crippen molar-refractivity contribution < 1.29 is 9.53 Å². The van der Waals surface area contributed by atoms with Crippen molar-refractivity contribution in [3.63, 3.8) is 0 Å². The highest BCUT2D eigenvalue weighted by Gasteiger charge is 2.18. The molecule has 1 aromatic heterocycles. The third-order valence-corrected chi connectivity index (χ3v) is 5.56. The topological polar surface area (TPSA) is 42.4 Å². The monoisotopic (exact) mass is 408 g/mol. The van der Waals surface area contributed by atoms with Gasteiger partial charge in [0.2, 0.25) is 0 Å². The quantitative estimate of drug-likeness (QED) is 0.484. The molecule has 0 spiro atoms. The van der Waals surface area contributed by atoms with Crippen LogP contribution in [0.1, 0.15) is 46.0 Å². The summed E-state index contributed by atoms with van der Waals surface area (Å²) < 4.78 is 5.89. The summed E-state index contributed by atoms with van der Waals surface area (Å²) in [5.41, 5.74) is 4.08. The number of thiazole rings is 1. The summed E-state index contributed by atoms with van der Waals surface area (Å²) >= 11 is 1.57. The predicted octanol–water partition coefficient (Wildman–Crippen LogP) is 5.64. The van der Waals surface area contributed by atoms with E-state index in [9.17, 15) is 4.79 Å². The summed E-state index contributed by atoms with van der Waals surface area (Å²) in [4.78, 5) is 19.5. The molecule has 0 unspecified atom stereocenters. The van der Waals surface area contributed by atoms with Crippen LogP contribution in [0.5, 0.6) is 5.75 Å². The van der Waals surface area contributed by atoms with Crippen LogP contribution >= 0.6 is 11.3 Å². The van der Waals surface area contributed by atoms with Gasteiger partial charge in [-0.1, -0.05) is 38.1 Å². The highest BCUT2D eigenvalue weighted by Crippen LogP contribution is 2.20. The number of amides is 1. The summed E-state index contributed by atoms with van der Waals surface area (Å²) in [7, 11) is 0. The van der Waals surface area contributed by atoms with Crippen molar-refractivity contribution in [2.75, 3.05) is 6.54 Å². The first-order valence-electron chi connectivity index (χ1n) is 9.90. The van der Waals surface area contributed by atoms with Crippen molar-refractivity contribution in [1.82, 2.24) is 9.88 Å². The molecule has 0 saturated carbocycles. The highest BCUT2D eigenvalue weighted by molar-refractivity contribution is 7.09. The van der Waals surface area contributed by atoms with E-state index in [1.165, 1.54) is 11.1 Å². The molecule has 5 heteroatoms. The lowest BCUT2D eigenvalue weighted by atomic mass is 10.1. The van der Waals surface area contributed by atoms with E-state index >= 15 is 0 Å². The molecule has 4 nitrogen and oxygen atoms in total. The maximum atomic E-state index is 12.9. The first kappa shape index (κ1) is 21.1. The molecule has 0 fully saturated rings. The summed E-state index contributed by atoms with van der Waals surface area (Å²) in [6.07, 6.45) is 0. The molecule has 3 rings (SSSR count). The highest BCUT2D eigenvalue weighted by atomic mass is 32.1. The second-order valence-corrected chi connectivity index (χ2v) is 8.66. The van der Waals surface area contributed by atoms with Gasteiger partial charge in [-0.2, -0.15) is 0 Å². The number of carbonyl (C=O) groups excluding carboxylic acids is 1. The number of ether oxygens (including phenoxy) is 1. The molecule has 152 valence electrons. The Labute approximate surface area is 177 Å². The van der Waals surface area contributed by atoms with Crippen LogP contribution in [-0.2, 0) is 13.2 Å². The van der Waals surface area contributed by atoms with Gasteiger partial charge in [-0.05, 0) is 55.2 Å². The second kappa shape index (κ2) is 9.70. The van der Waals surface area contributed by atoms with Crippen molar-refractivity contribution >= 4 is 17.2 Å². The molecule has 1 amide bonds. The Morgan fingerprint density at radius 3 is 2.55 bits per heavy atom. The molecule has 3 aromatic rings. The fourth-order valence-corrected chi connectivity index (χ4v) is 3.75. The molecule has 0 N–H and O–H groups in total. The van der Waals surface area contributed by atoms with Crippen LogP contribution in [0.3, 0.4) is 0 Å². The lowest BCUT2D eigenvalue weighted by Crippen LogP contribution is -2.33. The van der Waals surface area contributed by atoms with E-state index < -0.39 is 0 Å². The van der Waals surface area contributed by atoms with Crippen LogP contribution in [0.15, 0.2) is 53.9 Å². The average molecular weight is 409 g/mol. The normalized spacial score (nSPS) is 10.9. The van der Waals surface area contributed by atoms with Crippen LogP contribution in [0, 0.1) is 19.8 Å². The van der Waals surface area contributed by atoms with Crippen molar-refractivity contribution in [1.29, 1.82) is 0 Å². The van der Waals surface area contributed by atoms with Gasteiger partial charge in [-0.3, -0.25) is 4.79 Å². The minimum absolute atomic E-state index is 0.0419.